The molecule has 0 saturated carbocycles. The number of fused-ring (bicyclic) bond motifs is 1. The molecule has 3 nitrogen and oxygen atoms in total. The molecule has 0 atom stereocenters. The predicted octanol–water partition coefficient (Wildman–Crippen LogP) is 4.96. The number of aliphatic carboxylic acids is 1. The molecule has 0 unspecified atom stereocenters. The number of halogens is 1. The van der Waals surface area contributed by atoms with Crippen LogP contribution < -0.4 is 4.74 Å². The highest BCUT2D eigenvalue weighted by molar-refractivity contribution is 5.72. The van der Waals surface area contributed by atoms with Crippen LogP contribution in [0, 0.1) is 5.82 Å². The van der Waals surface area contributed by atoms with Crippen molar-refractivity contribution >= 4 is 5.97 Å². The van der Waals surface area contributed by atoms with E-state index >= 15 is 0 Å². The van der Waals surface area contributed by atoms with E-state index in [4.69, 9.17) is 9.84 Å². The van der Waals surface area contributed by atoms with E-state index in [0.29, 0.717) is 0 Å². The number of carboxylic acid groups (broad SMARTS) is 1. The van der Waals surface area contributed by atoms with Gasteiger partial charge in [0, 0.05) is 5.56 Å². The van der Waals surface area contributed by atoms with Crippen LogP contribution in [0.15, 0.2) is 36.4 Å². The van der Waals surface area contributed by atoms with Crippen molar-refractivity contribution in [2.24, 2.45) is 0 Å². The number of benzene rings is 2. The fourth-order valence-electron chi connectivity index (χ4n) is 3.85. The molecule has 0 fully saturated rings. The Morgan fingerprint density at radius 2 is 1.76 bits per heavy atom. The molecule has 0 aliphatic carbocycles. The third kappa shape index (κ3) is 3.53. The highest BCUT2D eigenvalue weighted by atomic mass is 19.1. The average Bonchev–Trinajstić information content (AvgIpc) is 2.47. The maximum Gasteiger partial charge on any atom is 0.307 e. The summed E-state index contributed by atoms with van der Waals surface area (Å²) in [6, 6.07) is 10.6. The lowest BCUT2D eigenvalue weighted by Gasteiger charge is -2.42. The summed E-state index contributed by atoms with van der Waals surface area (Å²) >= 11 is 0. The Hall–Kier alpha value is -2.36. The molecule has 1 aliphatic heterocycles. The van der Waals surface area contributed by atoms with Gasteiger partial charge in [-0.3, -0.25) is 4.79 Å². The first-order valence-electron chi connectivity index (χ1n) is 8.42. The van der Waals surface area contributed by atoms with Gasteiger partial charge in [0.1, 0.15) is 17.2 Å². The number of hydrogen-bond donors (Lipinski definition) is 1. The minimum absolute atomic E-state index is 0.0467. The number of hydrogen-bond acceptors (Lipinski definition) is 2. The summed E-state index contributed by atoms with van der Waals surface area (Å²) in [5, 5.41) is 8.83. The van der Waals surface area contributed by atoms with Crippen molar-refractivity contribution in [3.8, 4) is 16.9 Å². The highest BCUT2D eigenvalue weighted by Crippen LogP contribution is 2.45. The molecule has 0 spiro atoms. The molecule has 132 valence electrons. The van der Waals surface area contributed by atoms with Gasteiger partial charge in [-0.2, -0.15) is 0 Å². The first-order valence-corrected chi connectivity index (χ1v) is 8.42. The molecule has 1 aliphatic rings. The minimum Gasteiger partial charge on any atom is -0.488 e. The van der Waals surface area contributed by atoms with Gasteiger partial charge in [0.2, 0.25) is 0 Å². The molecule has 1 N–H and O–H groups in total. The summed E-state index contributed by atoms with van der Waals surface area (Å²) in [6.07, 6.45) is 0.578. The lowest BCUT2D eigenvalue weighted by atomic mass is 9.73. The number of carbonyl (C=O) groups is 1. The molecule has 4 heteroatoms. The summed E-state index contributed by atoms with van der Waals surface area (Å²) in [5.74, 6) is -0.663. The summed E-state index contributed by atoms with van der Waals surface area (Å²) in [7, 11) is 0. The predicted molar refractivity (Wildman–Crippen MR) is 95.5 cm³/mol. The Bertz CT molecular complexity index is 837. The van der Waals surface area contributed by atoms with Crippen molar-refractivity contribution < 1.29 is 19.0 Å². The molecule has 3 rings (SSSR count). The van der Waals surface area contributed by atoms with E-state index in [1.165, 1.54) is 6.07 Å². The second-order valence-corrected chi connectivity index (χ2v) is 8.01. The van der Waals surface area contributed by atoms with Gasteiger partial charge in [0.15, 0.2) is 0 Å². The van der Waals surface area contributed by atoms with Crippen molar-refractivity contribution in [2.75, 3.05) is 0 Å². The number of rotatable bonds is 3. The quantitative estimate of drug-likeness (QED) is 0.858. The van der Waals surface area contributed by atoms with Crippen LogP contribution in [0.2, 0.25) is 0 Å². The minimum atomic E-state index is -1.04. The third-order valence-electron chi connectivity index (χ3n) is 4.69. The SMILES string of the molecule is CC1(C)CC(C)(C)c2cc(-c3ccc(CC(=O)O)c(F)c3)ccc2O1. The lowest BCUT2D eigenvalue weighted by molar-refractivity contribution is -0.136. The fourth-order valence-corrected chi connectivity index (χ4v) is 3.85. The molecular formula is C21H23FO3. The van der Waals surface area contributed by atoms with Gasteiger partial charge >= 0.3 is 5.97 Å². The summed E-state index contributed by atoms with van der Waals surface area (Å²) < 4.78 is 20.3. The summed E-state index contributed by atoms with van der Waals surface area (Å²) in [4.78, 5) is 10.8. The van der Waals surface area contributed by atoms with E-state index in [9.17, 15) is 9.18 Å². The normalized spacial score (nSPS) is 17.5. The van der Waals surface area contributed by atoms with Gasteiger partial charge in [-0.05, 0) is 60.6 Å². The first-order chi connectivity index (χ1) is 11.6. The van der Waals surface area contributed by atoms with Crippen LogP contribution in [0.3, 0.4) is 0 Å². The largest absolute Gasteiger partial charge is 0.488 e. The summed E-state index contributed by atoms with van der Waals surface area (Å²) in [6.45, 7) is 8.55. The molecule has 2 aromatic carbocycles. The van der Waals surface area contributed by atoms with E-state index in [2.05, 4.69) is 33.8 Å². The van der Waals surface area contributed by atoms with Crippen LogP contribution >= 0.6 is 0 Å². The van der Waals surface area contributed by atoms with Crippen LogP contribution in [0.5, 0.6) is 5.75 Å². The van der Waals surface area contributed by atoms with Crippen molar-refractivity contribution in [1.82, 2.24) is 0 Å². The third-order valence-corrected chi connectivity index (χ3v) is 4.69. The van der Waals surface area contributed by atoms with E-state index in [1.54, 1.807) is 12.1 Å². The monoisotopic (exact) mass is 342 g/mol. The molecule has 0 saturated heterocycles. The Kier molecular flexibility index (Phi) is 4.10. The molecule has 0 bridgehead atoms. The second-order valence-electron chi connectivity index (χ2n) is 8.01. The van der Waals surface area contributed by atoms with Crippen molar-refractivity contribution in [1.29, 1.82) is 0 Å². The second kappa shape index (κ2) is 5.87. The van der Waals surface area contributed by atoms with Crippen LogP contribution in [0.4, 0.5) is 4.39 Å². The van der Waals surface area contributed by atoms with Gasteiger partial charge in [0.05, 0.1) is 6.42 Å². The molecule has 25 heavy (non-hydrogen) atoms. The fraction of sp³-hybridized carbons (Fsp3) is 0.381. The summed E-state index contributed by atoms with van der Waals surface area (Å²) in [5.41, 5.74) is 2.67. The first kappa shape index (κ1) is 17.5. The smallest absolute Gasteiger partial charge is 0.307 e. The Balaban J connectivity index is 2.01. The highest BCUT2D eigenvalue weighted by Gasteiger charge is 2.38. The Morgan fingerprint density at radius 1 is 1.12 bits per heavy atom. The molecule has 1 heterocycles. The van der Waals surface area contributed by atoms with Crippen LogP contribution in [-0.4, -0.2) is 16.7 Å². The van der Waals surface area contributed by atoms with Gasteiger partial charge in [-0.1, -0.05) is 32.0 Å². The zero-order valence-electron chi connectivity index (χ0n) is 15.0. The topological polar surface area (TPSA) is 46.5 Å². The zero-order chi connectivity index (χ0) is 18.4. The molecule has 0 aromatic heterocycles. The van der Waals surface area contributed by atoms with Gasteiger partial charge in [0.25, 0.3) is 0 Å². The van der Waals surface area contributed by atoms with Gasteiger partial charge < -0.3 is 9.84 Å². The van der Waals surface area contributed by atoms with Crippen LogP contribution in [-0.2, 0) is 16.6 Å². The van der Waals surface area contributed by atoms with Gasteiger partial charge in [-0.25, -0.2) is 4.39 Å². The maximum absolute atomic E-state index is 14.2. The van der Waals surface area contributed by atoms with Crippen molar-refractivity contribution in [2.45, 2.75) is 51.6 Å². The van der Waals surface area contributed by atoms with Crippen molar-refractivity contribution in [3.63, 3.8) is 0 Å². The zero-order valence-corrected chi connectivity index (χ0v) is 15.0. The number of carboxylic acids is 1. The molecule has 0 amide bonds. The average molecular weight is 342 g/mol. The van der Waals surface area contributed by atoms with E-state index < -0.39 is 11.8 Å². The molecule has 0 radical (unpaired) electrons. The van der Waals surface area contributed by atoms with Crippen molar-refractivity contribution in [3.05, 3.63) is 53.3 Å². The van der Waals surface area contributed by atoms with E-state index in [-0.39, 0.29) is 23.0 Å². The maximum atomic E-state index is 14.2. The lowest BCUT2D eigenvalue weighted by Crippen LogP contribution is -2.41. The number of ether oxygens (including phenoxy) is 1. The standard InChI is InChI=1S/C21H23FO3/c1-20(2)12-21(3,4)25-18-8-7-13(9-16(18)20)14-5-6-15(11-19(23)24)17(22)10-14/h5-10H,11-12H2,1-4H3,(H,23,24). The van der Waals surface area contributed by atoms with Crippen LogP contribution in [0.25, 0.3) is 11.1 Å². The molecule has 2 aromatic rings. The van der Waals surface area contributed by atoms with Gasteiger partial charge in [-0.15, -0.1) is 0 Å². The van der Waals surface area contributed by atoms with E-state index in [0.717, 1.165) is 28.9 Å². The molecular weight excluding hydrogens is 319 g/mol. The van der Waals surface area contributed by atoms with Crippen LogP contribution in [0.1, 0.15) is 45.2 Å². The Labute approximate surface area is 147 Å². The Morgan fingerprint density at radius 3 is 2.40 bits per heavy atom. The van der Waals surface area contributed by atoms with E-state index in [1.807, 2.05) is 12.1 Å².